The van der Waals surface area contributed by atoms with Crippen molar-refractivity contribution in [2.24, 2.45) is 11.8 Å². The van der Waals surface area contributed by atoms with Crippen LogP contribution in [0, 0.1) is 25.7 Å². The van der Waals surface area contributed by atoms with Crippen LogP contribution in [0.15, 0.2) is 47.4 Å². The van der Waals surface area contributed by atoms with Crippen molar-refractivity contribution in [1.29, 1.82) is 0 Å². The summed E-state index contributed by atoms with van der Waals surface area (Å²) in [4.78, 5) is 24.0. The predicted molar refractivity (Wildman–Crippen MR) is 115 cm³/mol. The molecule has 0 radical (unpaired) electrons. The number of aliphatic carboxylic acids is 1. The first-order valence-corrected chi connectivity index (χ1v) is 11.4. The van der Waals surface area contributed by atoms with E-state index in [0.29, 0.717) is 24.2 Å². The van der Waals surface area contributed by atoms with Crippen LogP contribution >= 0.6 is 0 Å². The maximum atomic E-state index is 12.7. The van der Waals surface area contributed by atoms with Gasteiger partial charge in [0, 0.05) is 11.4 Å². The van der Waals surface area contributed by atoms with E-state index in [9.17, 15) is 23.1 Å². The summed E-state index contributed by atoms with van der Waals surface area (Å²) in [5, 5.41) is 12.1. The molecule has 0 spiro atoms. The van der Waals surface area contributed by atoms with Gasteiger partial charge in [0.25, 0.3) is 10.0 Å². The van der Waals surface area contributed by atoms with Crippen LogP contribution in [0.3, 0.4) is 0 Å². The number of benzene rings is 2. The van der Waals surface area contributed by atoms with E-state index >= 15 is 0 Å². The molecule has 1 fully saturated rings. The Bertz CT molecular complexity index is 1030. The molecule has 2 atom stereocenters. The highest BCUT2D eigenvalue weighted by molar-refractivity contribution is 7.92. The zero-order valence-electron chi connectivity index (χ0n) is 17.0. The SMILES string of the molecule is Cc1cc(C)cc(NS(=O)(=O)c2ccc(NC(=O)[C@@H]3CCCC[C@H]3C(=O)O)cc2)c1. The molecule has 1 saturated carbocycles. The normalized spacial score (nSPS) is 19.1. The van der Waals surface area contributed by atoms with Gasteiger partial charge in [0.15, 0.2) is 0 Å². The third kappa shape index (κ3) is 5.18. The minimum Gasteiger partial charge on any atom is -0.481 e. The molecule has 2 aromatic rings. The van der Waals surface area contributed by atoms with Crippen molar-refractivity contribution in [3.63, 3.8) is 0 Å². The molecule has 1 aliphatic rings. The number of sulfonamides is 1. The van der Waals surface area contributed by atoms with E-state index in [2.05, 4.69) is 10.0 Å². The molecule has 7 nitrogen and oxygen atoms in total. The molecule has 2 aromatic carbocycles. The van der Waals surface area contributed by atoms with Gasteiger partial charge in [-0.05, 0) is 74.2 Å². The van der Waals surface area contributed by atoms with Crippen LogP contribution in [0.1, 0.15) is 36.8 Å². The molecule has 0 unspecified atom stereocenters. The highest BCUT2D eigenvalue weighted by Crippen LogP contribution is 2.31. The lowest BCUT2D eigenvalue weighted by Gasteiger charge is -2.27. The summed E-state index contributed by atoms with van der Waals surface area (Å²) >= 11 is 0. The van der Waals surface area contributed by atoms with Crippen LogP contribution in [0.25, 0.3) is 0 Å². The molecule has 0 bridgehead atoms. The maximum absolute atomic E-state index is 12.7. The monoisotopic (exact) mass is 430 g/mol. The summed E-state index contributed by atoms with van der Waals surface area (Å²) in [6.45, 7) is 3.78. The highest BCUT2D eigenvalue weighted by atomic mass is 32.2. The molecule has 160 valence electrons. The van der Waals surface area contributed by atoms with E-state index in [4.69, 9.17) is 0 Å². The Morgan fingerprint density at radius 2 is 1.47 bits per heavy atom. The molecule has 1 aliphatic carbocycles. The highest BCUT2D eigenvalue weighted by Gasteiger charge is 2.35. The van der Waals surface area contributed by atoms with E-state index in [0.717, 1.165) is 24.0 Å². The molecule has 8 heteroatoms. The van der Waals surface area contributed by atoms with Crippen molar-refractivity contribution in [2.45, 2.75) is 44.4 Å². The van der Waals surface area contributed by atoms with Crippen LogP contribution in [-0.4, -0.2) is 25.4 Å². The second kappa shape index (κ2) is 8.87. The molecular weight excluding hydrogens is 404 g/mol. The first kappa shape index (κ1) is 21.8. The quantitative estimate of drug-likeness (QED) is 0.643. The zero-order valence-corrected chi connectivity index (χ0v) is 17.8. The van der Waals surface area contributed by atoms with E-state index in [1.54, 1.807) is 12.1 Å². The van der Waals surface area contributed by atoms with Crippen molar-refractivity contribution < 1.29 is 23.1 Å². The van der Waals surface area contributed by atoms with Crippen molar-refractivity contribution in [3.05, 3.63) is 53.6 Å². The number of rotatable bonds is 6. The Balaban J connectivity index is 1.70. The number of anilines is 2. The molecule has 30 heavy (non-hydrogen) atoms. The average Bonchev–Trinajstić information content (AvgIpc) is 2.67. The van der Waals surface area contributed by atoms with Gasteiger partial charge in [-0.25, -0.2) is 8.42 Å². The van der Waals surface area contributed by atoms with Gasteiger partial charge >= 0.3 is 5.97 Å². The predicted octanol–water partition coefficient (Wildman–Crippen LogP) is 3.93. The van der Waals surface area contributed by atoms with Gasteiger partial charge in [0.1, 0.15) is 0 Å². The number of hydrogen-bond acceptors (Lipinski definition) is 4. The first-order chi connectivity index (χ1) is 14.2. The van der Waals surface area contributed by atoms with Gasteiger partial charge in [0.2, 0.25) is 5.91 Å². The van der Waals surface area contributed by atoms with Gasteiger partial charge < -0.3 is 10.4 Å². The van der Waals surface area contributed by atoms with Crippen LogP contribution in [0.4, 0.5) is 11.4 Å². The minimum absolute atomic E-state index is 0.0701. The van der Waals surface area contributed by atoms with Gasteiger partial charge in [-0.2, -0.15) is 0 Å². The molecule has 0 aliphatic heterocycles. The van der Waals surface area contributed by atoms with Crippen molar-refractivity contribution in [2.75, 3.05) is 10.0 Å². The van der Waals surface area contributed by atoms with E-state index in [1.165, 1.54) is 24.3 Å². The third-order valence-corrected chi connectivity index (χ3v) is 6.72. The number of amides is 1. The van der Waals surface area contributed by atoms with Crippen molar-refractivity contribution in [3.8, 4) is 0 Å². The third-order valence-electron chi connectivity index (χ3n) is 5.33. The molecule has 1 amide bonds. The van der Waals surface area contributed by atoms with Gasteiger partial charge in [-0.3, -0.25) is 14.3 Å². The lowest BCUT2D eigenvalue weighted by atomic mass is 9.78. The standard InChI is InChI=1S/C22H26N2O5S/c1-14-11-15(2)13-17(12-14)24-30(28,29)18-9-7-16(8-10-18)23-21(25)19-5-3-4-6-20(19)22(26)27/h7-13,19-20,24H,3-6H2,1-2H3,(H,23,25)(H,26,27)/t19-,20-/m1/s1. The van der Waals surface area contributed by atoms with Crippen LogP contribution in [0.5, 0.6) is 0 Å². The molecule has 0 heterocycles. The minimum atomic E-state index is -3.77. The van der Waals surface area contributed by atoms with Crippen LogP contribution in [-0.2, 0) is 19.6 Å². The summed E-state index contributed by atoms with van der Waals surface area (Å²) in [6.07, 6.45) is 2.66. The fourth-order valence-electron chi connectivity index (χ4n) is 3.94. The lowest BCUT2D eigenvalue weighted by Crippen LogP contribution is -2.36. The molecule has 3 rings (SSSR count). The Morgan fingerprint density at radius 1 is 0.900 bits per heavy atom. The van der Waals surface area contributed by atoms with Crippen LogP contribution < -0.4 is 10.0 Å². The number of carboxylic acid groups (broad SMARTS) is 1. The summed E-state index contributed by atoms with van der Waals surface area (Å²) in [7, 11) is -3.77. The lowest BCUT2D eigenvalue weighted by molar-refractivity contribution is -0.147. The van der Waals surface area contributed by atoms with Crippen LogP contribution in [0.2, 0.25) is 0 Å². The second-order valence-electron chi connectivity index (χ2n) is 7.83. The van der Waals surface area contributed by atoms with E-state index < -0.39 is 27.8 Å². The number of nitrogens with one attached hydrogen (secondary N) is 2. The Morgan fingerprint density at radius 3 is 2.03 bits per heavy atom. The van der Waals surface area contributed by atoms with Gasteiger partial charge in [-0.15, -0.1) is 0 Å². The van der Waals surface area contributed by atoms with Crippen molar-refractivity contribution in [1.82, 2.24) is 0 Å². The summed E-state index contributed by atoms with van der Waals surface area (Å²) in [5.74, 6) is -2.55. The number of carbonyl (C=O) groups excluding carboxylic acids is 1. The smallest absolute Gasteiger partial charge is 0.307 e. The fraction of sp³-hybridized carbons (Fsp3) is 0.364. The number of carbonyl (C=O) groups is 2. The number of aryl methyl sites for hydroxylation is 2. The fourth-order valence-corrected chi connectivity index (χ4v) is 4.98. The summed E-state index contributed by atoms with van der Waals surface area (Å²) in [6, 6.07) is 11.3. The Labute approximate surface area is 176 Å². The number of hydrogen-bond donors (Lipinski definition) is 3. The molecular formula is C22H26N2O5S. The maximum Gasteiger partial charge on any atom is 0.307 e. The number of carboxylic acids is 1. The summed E-state index contributed by atoms with van der Waals surface area (Å²) in [5.41, 5.74) is 2.82. The van der Waals surface area contributed by atoms with E-state index in [1.807, 2.05) is 19.9 Å². The van der Waals surface area contributed by atoms with Gasteiger partial charge in [-0.1, -0.05) is 18.9 Å². The molecule has 0 aromatic heterocycles. The second-order valence-corrected chi connectivity index (χ2v) is 9.51. The first-order valence-electron chi connectivity index (χ1n) is 9.90. The molecule has 3 N–H and O–H groups in total. The van der Waals surface area contributed by atoms with Gasteiger partial charge in [0.05, 0.1) is 16.7 Å². The summed E-state index contributed by atoms with van der Waals surface area (Å²) < 4.78 is 27.9. The zero-order chi connectivity index (χ0) is 21.9. The Hall–Kier alpha value is -2.87. The van der Waals surface area contributed by atoms with E-state index in [-0.39, 0.29) is 10.8 Å². The van der Waals surface area contributed by atoms with Crippen molar-refractivity contribution >= 4 is 33.3 Å². The largest absolute Gasteiger partial charge is 0.481 e. The topological polar surface area (TPSA) is 113 Å². The Kier molecular flexibility index (Phi) is 6.45. The molecule has 0 saturated heterocycles. The average molecular weight is 431 g/mol.